The van der Waals surface area contributed by atoms with Crippen LogP contribution in [-0.2, 0) is 4.79 Å². The molecule has 0 aliphatic heterocycles. The minimum Gasteiger partial charge on any atom is -0.489 e. The fourth-order valence-electron chi connectivity index (χ4n) is 3.98. The Bertz CT molecular complexity index is 1440. The van der Waals surface area contributed by atoms with Crippen molar-refractivity contribution in [2.75, 3.05) is 13.2 Å². The maximum absolute atomic E-state index is 14.7. The van der Waals surface area contributed by atoms with Crippen molar-refractivity contribution in [3.05, 3.63) is 65.1 Å². The van der Waals surface area contributed by atoms with Crippen LogP contribution < -0.4 is 31.6 Å². The highest BCUT2D eigenvalue weighted by atomic mass is 35.5. The Morgan fingerprint density at radius 3 is 2.36 bits per heavy atom. The van der Waals surface area contributed by atoms with Gasteiger partial charge in [0.1, 0.15) is 11.6 Å². The van der Waals surface area contributed by atoms with Gasteiger partial charge < -0.3 is 36.0 Å². The molecule has 1 aliphatic rings. The van der Waals surface area contributed by atoms with E-state index in [-0.39, 0.29) is 71.3 Å². The molecule has 4 rings (SSSR count). The first-order valence-electron chi connectivity index (χ1n) is 13.2. The lowest BCUT2D eigenvalue weighted by atomic mass is 10.0. The molecule has 0 radical (unpaired) electrons. The lowest BCUT2D eigenvalue weighted by Gasteiger charge is -2.21. The topological polar surface area (TPSA) is 155 Å². The quantitative estimate of drug-likeness (QED) is 0.190. The number of aromatic nitrogens is 1. The van der Waals surface area contributed by atoms with Gasteiger partial charge in [0.2, 0.25) is 11.8 Å². The number of nitrogens with zero attached hydrogens (tertiary/aromatic N) is 1. The fraction of sp³-hybridized carbons (Fsp3) is 0.393. The number of carbonyl (C=O) groups is 2. The van der Waals surface area contributed by atoms with Crippen molar-refractivity contribution >= 4 is 36.6 Å². The van der Waals surface area contributed by atoms with Crippen LogP contribution in [0.1, 0.15) is 60.6 Å². The summed E-state index contributed by atoms with van der Waals surface area (Å²) in [6, 6.07) is 4.02. The van der Waals surface area contributed by atoms with Crippen LogP contribution in [0.3, 0.4) is 0 Å². The molecule has 1 unspecified atom stereocenters. The number of nitrogens with two attached hydrogens (primary N) is 2. The number of alkyl halides is 2. The Labute approximate surface area is 263 Å². The predicted molar refractivity (Wildman–Crippen MR) is 157 cm³/mol. The van der Waals surface area contributed by atoms with E-state index < -0.39 is 48.2 Å². The normalized spacial score (nSPS) is 14.5. The van der Waals surface area contributed by atoms with Crippen LogP contribution in [0.2, 0.25) is 0 Å². The van der Waals surface area contributed by atoms with Gasteiger partial charge >= 0.3 is 6.61 Å². The van der Waals surface area contributed by atoms with E-state index in [2.05, 4.69) is 20.4 Å². The van der Waals surface area contributed by atoms with E-state index in [0.717, 1.165) is 25.0 Å². The summed E-state index contributed by atoms with van der Waals surface area (Å²) in [6.07, 6.45) is 1.94. The van der Waals surface area contributed by atoms with Gasteiger partial charge in [0, 0.05) is 23.7 Å². The first-order chi connectivity index (χ1) is 19.9. The molecule has 1 heterocycles. The summed E-state index contributed by atoms with van der Waals surface area (Å²) in [6.45, 7) is -0.0429. The largest absolute Gasteiger partial charge is 0.489 e. The number of halogens is 6. The van der Waals surface area contributed by atoms with Crippen LogP contribution in [0.5, 0.6) is 11.5 Å². The van der Waals surface area contributed by atoms with Crippen molar-refractivity contribution in [1.82, 2.24) is 15.6 Å². The molecule has 44 heavy (non-hydrogen) atoms. The van der Waals surface area contributed by atoms with Crippen molar-refractivity contribution in [2.45, 2.75) is 51.4 Å². The zero-order chi connectivity index (χ0) is 30.6. The van der Waals surface area contributed by atoms with Gasteiger partial charge in [-0.2, -0.15) is 8.78 Å². The molecule has 0 saturated heterocycles. The molecule has 1 saturated carbocycles. The third-order valence-electron chi connectivity index (χ3n) is 6.40. The van der Waals surface area contributed by atoms with Crippen LogP contribution in [0.4, 0.5) is 17.6 Å². The molecule has 0 spiro atoms. The maximum atomic E-state index is 14.7. The molecule has 1 aromatic heterocycles. The average molecular weight is 667 g/mol. The molecule has 2 amide bonds. The highest BCUT2D eigenvalue weighted by molar-refractivity contribution is 5.94. The summed E-state index contributed by atoms with van der Waals surface area (Å²) in [4.78, 5) is 29.8. The molecule has 16 heteroatoms. The lowest BCUT2D eigenvalue weighted by molar-refractivity contribution is -0.122. The van der Waals surface area contributed by atoms with E-state index in [1.807, 2.05) is 0 Å². The lowest BCUT2D eigenvalue weighted by Crippen LogP contribution is -2.43. The number of carbonyl (C=O) groups excluding carboxylic acids is 2. The predicted octanol–water partition coefficient (Wildman–Crippen LogP) is 4.81. The molecule has 6 N–H and O–H groups in total. The number of amides is 2. The van der Waals surface area contributed by atoms with Crippen molar-refractivity contribution in [3.63, 3.8) is 0 Å². The average Bonchev–Trinajstić information content (AvgIpc) is 3.64. The smallest absolute Gasteiger partial charge is 0.387 e. The van der Waals surface area contributed by atoms with Crippen molar-refractivity contribution < 1.29 is 41.0 Å². The highest BCUT2D eigenvalue weighted by Gasteiger charge is 2.28. The second-order valence-corrected chi connectivity index (χ2v) is 10.0. The first-order valence-corrected chi connectivity index (χ1v) is 13.2. The van der Waals surface area contributed by atoms with Gasteiger partial charge in [-0.1, -0.05) is 6.07 Å². The Morgan fingerprint density at radius 1 is 1.07 bits per heavy atom. The maximum Gasteiger partial charge on any atom is 0.387 e. The zero-order valence-corrected chi connectivity index (χ0v) is 25.3. The Hall–Kier alpha value is -3.59. The van der Waals surface area contributed by atoms with Crippen LogP contribution in [0, 0.1) is 17.6 Å². The minimum atomic E-state index is -3.07. The molecule has 1 fully saturated rings. The molecule has 0 bridgehead atoms. The molecule has 242 valence electrons. The second-order valence-electron chi connectivity index (χ2n) is 10.0. The molecular formula is C28H33Cl2F4N5O5. The number of ether oxygens (including phenoxy) is 2. The molecule has 3 atom stereocenters. The summed E-state index contributed by atoms with van der Waals surface area (Å²) in [5, 5.41) is 5.09. The number of hydrogen-bond donors (Lipinski definition) is 4. The monoisotopic (exact) mass is 665 g/mol. The molecule has 3 aromatic rings. The summed E-state index contributed by atoms with van der Waals surface area (Å²) in [5.74, 6) is -3.06. The van der Waals surface area contributed by atoms with Gasteiger partial charge in [0.25, 0.3) is 5.91 Å². The van der Waals surface area contributed by atoms with Crippen LogP contribution >= 0.6 is 24.8 Å². The molecule has 10 nitrogen and oxygen atoms in total. The van der Waals surface area contributed by atoms with E-state index in [4.69, 9.17) is 20.6 Å². The first kappa shape index (κ1) is 36.6. The fourth-order valence-corrected chi connectivity index (χ4v) is 3.98. The second kappa shape index (κ2) is 15.9. The van der Waals surface area contributed by atoms with Crippen LogP contribution in [0.15, 0.2) is 40.8 Å². The number of rotatable bonds is 13. The van der Waals surface area contributed by atoms with Crippen LogP contribution in [0.25, 0.3) is 11.5 Å². The van der Waals surface area contributed by atoms with Gasteiger partial charge in [-0.25, -0.2) is 13.8 Å². The highest BCUT2D eigenvalue weighted by Crippen LogP contribution is 2.37. The van der Waals surface area contributed by atoms with Gasteiger partial charge in [-0.05, 0) is 56.9 Å². The Balaban J connectivity index is 0.00000337. The zero-order valence-electron chi connectivity index (χ0n) is 23.7. The van der Waals surface area contributed by atoms with Crippen molar-refractivity contribution in [3.8, 4) is 23.0 Å². The minimum absolute atomic E-state index is 0. The standard InChI is InChI=1S/C28H31F4N5O5.2ClH/c1-13(33)24-23(26(39)36-20(11-35-25(38)14(2)34)18-7-6-17(29)10-19(18)30)37-27(42-24)16-5-8-21(41-28(31)32)22(9-16)40-12-15-3-4-15;;/h5-10,13-15,20,28H,3-4,11-12,33-34H2,1-2H3,(H,35,38)(H,36,39);2*1H/t13-,14-,20?;;/m0../s1. The van der Waals surface area contributed by atoms with Gasteiger partial charge in [0.15, 0.2) is 23.0 Å². The van der Waals surface area contributed by atoms with Crippen molar-refractivity contribution in [1.29, 1.82) is 0 Å². The number of hydrogen-bond acceptors (Lipinski definition) is 8. The van der Waals surface area contributed by atoms with Gasteiger partial charge in [-0.15, -0.1) is 24.8 Å². The van der Waals surface area contributed by atoms with Crippen LogP contribution in [-0.4, -0.2) is 42.6 Å². The summed E-state index contributed by atoms with van der Waals surface area (Å²) in [7, 11) is 0. The van der Waals surface area contributed by atoms with E-state index in [0.29, 0.717) is 18.6 Å². The molecule has 2 aromatic carbocycles. The molecular weight excluding hydrogens is 633 g/mol. The third-order valence-corrected chi connectivity index (χ3v) is 6.40. The van der Waals surface area contributed by atoms with Crippen molar-refractivity contribution in [2.24, 2.45) is 17.4 Å². The Kier molecular flexibility index (Phi) is 13.3. The number of nitrogens with one attached hydrogen (secondary N) is 2. The van der Waals surface area contributed by atoms with Gasteiger partial charge in [0.05, 0.1) is 24.7 Å². The molecule has 1 aliphatic carbocycles. The third kappa shape index (κ3) is 9.45. The van der Waals surface area contributed by atoms with E-state index in [9.17, 15) is 27.2 Å². The summed E-state index contributed by atoms with van der Waals surface area (Å²) >= 11 is 0. The van der Waals surface area contributed by atoms with E-state index in [1.54, 1.807) is 6.92 Å². The van der Waals surface area contributed by atoms with E-state index in [1.165, 1.54) is 25.1 Å². The number of benzene rings is 2. The number of oxazole rings is 1. The summed E-state index contributed by atoms with van der Waals surface area (Å²) < 4.78 is 70.2. The SMILES string of the molecule is C[C@H](N)C(=O)NCC(NC(=O)c1nc(-c2ccc(OC(F)F)c(OCC3CC3)c2)oc1[C@H](C)N)c1ccc(F)cc1F.Cl.Cl. The summed E-state index contributed by atoms with van der Waals surface area (Å²) in [5.41, 5.74) is 11.6. The van der Waals surface area contributed by atoms with Gasteiger partial charge in [-0.3, -0.25) is 9.59 Å². The Morgan fingerprint density at radius 2 is 1.77 bits per heavy atom. The van der Waals surface area contributed by atoms with E-state index >= 15 is 0 Å².